The van der Waals surface area contributed by atoms with Crippen LogP contribution in [-0.4, -0.2) is 34.8 Å². The van der Waals surface area contributed by atoms with E-state index in [-0.39, 0.29) is 30.3 Å². The van der Waals surface area contributed by atoms with Gasteiger partial charge in [-0.3, -0.25) is 14.5 Å². The standard InChI is InChI=1S/C21H23N3O3/c1-13(16-9-5-7-14-6-3-4-8-17(14)16)22-18(25)12-24-19(26)21(2,15-10-11-15)23-20(24)27/h3-9,13,15H,10-12H2,1-2H3,(H,22,25)(H,23,27)/t13-,21+/m1/s1. The summed E-state index contributed by atoms with van der Waals surface area (Å²) >= 11 is 0. The van der Waals surface area contributed by atoms with Crippen LogP contribution in [0, 0.1) is 5.92 Å². The highest BCUT2D eigenvalue weighted by Gasteiger charge is 2.56. The molecule has 1 aliphatic heterocycles. The van der Waals surface area contributed by atoms with Gasteiger partial charge in [0.15, 0.2) is 0 Å². The van der Waals surface area contributed by atoms with Crippen molar-refractivity contribution >= 4 is 28.6 Å². The van der Waals surface area contributed by atoms with Gasteiger partial charge in [0.25, 0.3) is 5.91 Å². The summed E-state index contributed by atoms with van der Waals surface area (Å²) in [7, 11) is 0. The van der Waals surface area contributed by atoms with Crippen molar-refractivity contribution in [2.75, 3.05) is 6.54 Å². The van der Waals surface area contributed by atoms with E-state index >= 15 is 0 Å². The maximum absolute atomic E-state index is 12.6. The third kappa shape index (κ3) is 3.05. The molecule has 0 aromatic heterocycles. The molecule has 6 heteroatoms. The number of nitrogens with zero attached hydrogens (tertiary/aromatic N) is 1. The fourth-order valence-corrected chi connectivity index (χ4v) is 3.93. The zero-order valence-electron chi connectivity index (χ0n) is 15.5. The maximum Gasteiger partial charge on any atom is 0.325 e. The number of rotatable bonds is 5. The van der Waals surface area contributed by atoms with Crippen molar-refractivity contribution in [1.29, 1.82) is 0 Å². The van der Waals surface area contributed by atoms with Crippen molar-refractivity contribution in [2.24, 2.45) is 5.92 Å². The molecule has 2 fully saturated rings. The van der Waals surface area contributed by atoms with Crippen LogP contribution in [0.15, 0.2) is 42.5 Å². The second-order valence-electron chi connectivity index (χ2n) is 7.66. The Labute approximate surface area is 157 Å². The largest absolute Gasteiger partial charge is 0.348 e. The van der Waals surface area contributed by atoms with Crippen molar-refractivity contribution < 1.29 is 14.4 Å². The van der Waals surface area contributed by atoms with Gasteiger partial charge in [0.1, 0.15) is 12.1 Å². The molecule has 27 heavy (non-hydrogen) atoms. The number of benzene rings is 2. The van der Waals surface area contributed by atoms with E-state index in [9.17, 15) is 14.4 Å². The van der Waals surface area contributed by atoms with Gasteiger partial charge in [-0.2, -0.15) is 0 Å². The Morgan fingerprint density at radius 3 is 2.67 bits per heavy atom. The van der Waals surface area contributed by atoms with Crippen LogP contribution in [0.2, 0.25) is 0 Å². The highest BCUT2D eigenvalue weighted by Crippen LogP contribution is 2.42. The Kier molecular flexibility index (Phi) is 4.13. The number of nitrogens with one attached hydrogen (secondary N) is 2. The monoisotopic (exact) mass is 365 g/mol. The molecule has 4 rings (SSSR count). The number of imide groups is 1. The van der Waals surface area contributed by atoms with E-state index in [0.29, 0.717) is 0 Å². The lowest BCUT2D eigenvalue weighted by Gasteiger charge is -2.21. The zero-order chi connectivity index (χ0) is 19.2. The summed E-state index contributed by atoms with van der Waals surface area (Å²) < 4.78 is 0. The third-order valence-electron chi connectivity index (χ3n) is 5.66. The first-order valence-corrected chi connectivity index (χ1v) is 9.31. The number of carbonyl (C=O) groups excluding carboxylic acids is 3. The average Bonchev–Trinajstić information content (AvgIpc) is 3.47. The minimum absolute atomic E-state index is 0.177. The van der Waals surface area contributed by atoms with Gasteiger partial charge >= 0.3 is 6.03 Å². The van der Waals surface area contributed by atoms with Crippen LogP contribution in [0.4, 0.5) is 4.79 Å². The molecule has 140 valence electrons. The van der Waals surface area contributed by atoms with Gasteiger partial charge in [0.05, 0.1) is 6.04 Å². The van der Waals surface area contributed by atoms with Gasteiger partial charge < -0.3 is 10.6 Å². The van der Waals surface area contributed by atoms with Crippen LogP contribution < -0.4 is 10.6 Å². The molecule has 1 aliphatic carbocycles. The van der Waals surface area contributed by atoms with Gasteiger partial charge in [0, 0.05) is 0 Å². The minimum atomic E-state index is -0.862. The Balaban J connectivity index is 1.46. The summed E-state index contributed by atoms with van der Waals surface area (Å²) in [5, 5.41) is 7.86. The third-order valence-corrected chi connectivity index (χ3v) is 5.66. The number of hydrogen-bond acceptors (Lipinski definition) is 3. The number of hydrogen-bond donors (Lipinski definition) is 2. The van der Waals surface area contributed by atoms with E-state index in [1.165, 1.54) is 0 Å². The molecule has 2 aliphatic rings. The van der Waals surface area contributed by atoms with E-state index in [1.54, 1.807) is 6.92 Å². The molecule has 2 N–H and O–H groups in total. The van der Waals surface area contributed by atoms with Crippen LogP contribution >= 0.6 is 0 Å². The summed E-state index contributed by atoms with van der Waals surface area (Å²) in [6, 6.07) is 13.2. The normalized spacial score (nSPS) is 23.4. The summed E-state index contributed by atoms with van der Waals surface area (Å²) in [4.78, 5) is 38.4. The summed E-state index contributed by atoms with van der Waals surface area (Å²) in [6.07, 6.45) is 1.86. The Hall–Kier alpha value is -2.89. The Bertz CT molecular complexity index is 932. The van der Waals surface area contributed by atoms with E-state index < -0.39 is 11.6 Å². The van der Waals surface area contributed by atoms with E-state index in [4.69, 9.17) is 0 Å². The molecule has 0 radical (unpaired) electrons. The Morgan fingerprint density at radius 1 is 1.22 bits per heavy atom. The van der Waals surface area contributed by atoms with Gasteiger partial charge in [-0.25, -0.2) is 4.79 Å². The molecule has 4 amide bonds. The lowest BCUT2D eigenvalue weighted by Crippen LogP contribution is -2.47. The zero-order valence-corrected chi connectivity index (χ0v) is 15.5. The first-order valence-electron chi connectivity index (χ1n) is 9.31. The molecule has 2 atom stereocenters. The molecule has 6 nitrogen and oxygen atoms in total. The van der Waals surface area contributed by atoms with Crippen molar-refractivity contribution in [3.8, 4) is 0 Å². The Morgan fingerprint density at radius 2 is 1.93 bits per heavy atom. The highest BCUT2D eigenvalue weighted by atomic mass is 16.2. The van der Waals surface area contributed by atoms with Gasteiger partial charge in [0.2, 0.25) is 5.91 Å². The van der Waals surface area contributed by atoms with Gasteiger partial charge in [-0.05, 0) is 48.9 Å². The van der Waals surface area contributed by atoms with Crippen molar-refractivity contribution in [3.63, 3.8) is 0 Å². The van der Waals surface area contributed by atoms with E-state index in [0.717, 1.165) is 34.1 Å². The molecular weight excluding hydrogens is 342 g/mol. The molecule has 0 bridgehead atoms. The molecule has 0 unspecified atom stereocenters. The fourth-order valence-electron chi connectivity index (χ4n) is 3.93. The maximum atomic E-state index is 12.6. The van der Waals surface area contributed by atoms with Crippen LogP contribution in [0.25, 0.3) is 10.8 Å². The predicted octanol–water partition coefficient (Wildman–Crippen LogP) is 2.74. The number of fused-ring (bicyclic) bond motifs is 1. The topological polar surface area (TPSA) is 78.5 Å². The summed E-state index contributed by atoms with van der Waals surface area (Å²) in [5.41, 5.74) is 0.139. The molecule has 1 heterocycles. The molecule has 2 aromatic rings. The molecular formula is C21H23N3O3. The first-order chi connectivity index (χ1) is 12.9. The van der Waals surface area contributed by atoms with Gasteiger partial charge in [-0.1, -0.05) is 42.5 Å². The fraction of sp³-hybridized carbons (Fsp3) is 0.381. The van der Waals surface area contributed by atoms with E-state index in [1.807, 2.05) is 49.4 Å². The van der Waals surface area contributed by atoms with Gasteiger partial charge in [-0.15, -0.1) is 0 Å². The van der Waals surface area contributed by atoms with Crippen LogP contribution in [0.3, 0.4) is 0 Å². The smallest absolute Gasteiger partial charge is 0.325 e. The number of amides is 4. The quantitative estimate of drug-likeness (QED) is 0.800. The SMILES string of the molecule is C[C@@H](NC(=O)CN1C(=O)N[C@@](C)(C2CC2)C1=O)c1cccc2ccccc12. The number of carbonyl (C=O) groups is 3. The first kappa shape index (κ1) is 17.5. The van der Waals surface area contributed by atoms with Crippen LogP contribution in [-0.2, 0) is 9.59 Å². The lowest BCUT2D eigenvalue weighted by atomic mass is 9.96. The van der Waals surface area contributed by atoms with Crippen molar-refractivity contribution in [2.45, 2.75) is 38.3 Å². The molecule has 0 spiro atoms. The molecule has 1 saturated carbocycles. The molecule has 1 saturated heterocycles. The molecule has 2 aromatic carbocycles. The van der Waals surface area contributed by atoms with Crippen molar-refractivity contribution in [1.82, 2.24) is 15.5 Å². The van der Waals surface area contributed by atoms with Crippen molar-refractivity contribution in [3.05, 3.63) is 48.0 Å². The minimum Gasteiger partial charge on any atom is -0.348 e. The summed E-state index contributed by atoms with van der Waals surface area (Å²) in [6.45, 7) is 3.39. The highest BCUT2D eigenvalue weighted by molar-refractivity contribution is 6.09. The predicted molar refractivity (Wildman–Crippen MR) is 102 cm³/mol. The average molecular weight is 365 g/mol. The second kappa shape index (κ2) is 6.37. The summed E-state index contributed by atoms with van der Waals surface area (Å²) in [5.74, 6) is -0.474. The second-order valence-corrected chi connectivity index (χ2v) is 7.66. The van der Waals surface area contributed by atoms with Crippen LogP contribution in [0.1, 0.15) is 38.3 Å². The van der Waals surface area contributed by atoms with E-state index in [2.05, 4.69) is 10.6 Å². The van der Waals surface area contributed by atoms with Crippen LogP contribution in [0.5, 0.6) is 0 Å². The lowest BCUT2D eigenvalue weighted by molar-refractivity contribution is -0.135. The number of urea groups is 1.